The average molecular weight is 517 g/mol. The van der Waals surface area contributed by atoms with Gasteiger partial charge in [0.2, 0.25) is 17.7 Å². The van der Waals surface area contributed by atoms with Crippen LogP contribution in [-0.4, -0.2) is 83.1 Å². The van der Waals surface area contributed by atoms with Gasteiger partial charge in [-0.2, -0.15) is 0 Å². The van der Waals surface area contributed by atoms with Crippen LogP contribution in [0, 0.1) is 5.92 Å². The minimum absolute atomic E-state index is 0.111. The number of unbranched alkanes of at least 4 members (excludes halogenated alkanes) is 1. The van der Waals surface area contributed by atoms with Crippen LogP contribution in [0.2, 0.25) is 0 Å². The van der Waals surface area contributed by atoms with Crippen molar-refractivity contribution in [1.82, 2.24) is 16.0 Å². The molecule has 3 amide bonds. The Balaban J connectivity index is 5.30. The number of nitrogens with two attached hydrogens (primary N) is 4. The van der Waals surface area contributed by atoms with E-state index < -0.39 is 66.2 Å². The third-order valence-electron chi connectivity index (χ3n) is 5.12. The molecule has 0 saturated heterocycles. The molecule has 0 fully saturated rings. The summed E-state index contributed by atoms with van der Waals surface area (Å²) < 4.78 is 0. The average Bonchev–Trinajstić information content (AvgIpc) is 2.77. The molecular weight excluding hydrogens is 476 g/mol. The lowest BCUT2D eigenvalue weighted by Crippen LogP contribution is -2.58. The molecule has 15 heteroatoms. The third-order valence-corrected chi connectivity index (χ3v) is 5.12. The Morgan fingerprint density at radius 3 is 1.94 bits per heavy atom. The van der Waals surface area contributed by atoms with Crippen molar-refractivity contribution in [3.05, 3.63) is 0 Å². The van der Waals surface area contributed by atoms with Gasteiger partial charge in [-0.1, -0.05) is 13.8 Å². The number of guanidine groups is 1. The third kappa shape index (κ3) is 13.4. The predicted molar refractivity (Wildman–Crippen MR) is 131 cm³/mol. The summed E-state index contributed by atoms with van der Waals surface area (Å²) in [6.45, 7) is 3.84. The topological polar surface area (TPSA) is 278 Å². The van der Waals surface area contributed by atoms with Crippen molar-refractivity contribution in [3.8, 4) is 0 Å². The Morgan fingerprint density at radius 1 is 0.833 bits per heavy atom. The van der Waals surface area contributed by atoms with Crippen LogP contribution in [0.5, 0.6) is 0 Å². The van der Waals surface area contributed by atoms with Crippen LogP contribution in [0.1, 0.15) is 52.4 Å². The lowest BCUT2D eigenvalue weighted by molar-refractivity contribution is -0.143. The minimum Gasteiger partial charge on any atom is -0.481 e. The standard InChI is InChI=1S/C21H40N8O7/c1-11(2)16(19(34)27-13(20(35)36)7-3-4-8-22)29-18(33)14(10-15(30)31)28-17(32)12(23)6-5-9-26-21(24)25/h11-14,16H,3-10,22-23H2,1-2H3,(H,27,34)(H,28,32)(H,29,33)(H,30,31)(H,35,36)(H4,24,25,26). The highest BCUT2D eigenvalue weighted by molar-refractivity contribution is 5.95. The van der Waals surface area contributed by atoms with E-state index in [4.69, 9.17) is 22.9 Å². The molecule has 36 heavy (non-hydrogen) atoms. The fourth-order valence-corrected chi connectivity index (χ4v) is 3.11. The molecule has 0 spiro atoms. The van der Waals surface area contributed by atoms with Gasteiger partial charge in [0.05, 0.1) is 12.5 Å². The van der Waals surface area contributed by atoms with Crippen LogP contribution < -0.4 is 38.9 Å². The highest BCUT2D eigenvalue weighted by Crippen LogP contribution is 2.07. The first-order chi connectivity index (χ1) is 16.8. The molecule has 4 unspecified atom stereocenters. The van der Waals surface area contributed by atoms with Crippen molar-refractivity contribution in [3.63, 3.8) is 0 Å². The zero-order valence-electron chi connectivity index (χ0n) is 20.7. The van der Waals surface area contributed by atoms with Crippen LogP contribution in [0.25, 0.3) is 0 Å². The summed E-state index contributed by atoms with van der Waals surface area (Å²) in [5.41, 5.74) is 21.7. The number of hydrogen-bond acceptors (Lipinski definition) is 8. The predicted octanol–water partition coefficient (Wildman–Crippen LogP) is -2.83. The fourth-order valence-electron chi connectivity index (χ4n) is 3.11. The SMILES string of the molecule is CC(C)C(NC(=O)C(CC(=O)O)NC(=O)C(N)CCCN=C(N)N)C(=O)NC(CCCCN)C(=O)O. The summed E-state index contributed by atoms with van der Waals surface area (Å²) in [4.78, 5) is 64.6. The number of nitrogens with zero attached hydrogens (tertiary/aromatic N) is 1. The van der Waals surface area contributed by atoms with Crippen molar-refractivity contribution < 1.29 is 34.2 Å². The summed E-state index contributed by atoms with van der Waals surface area (Å²) >= 11 is 0. The van der Waals surface area contributed by atoms with E-state index in [9.17, 15) is 34.2 Å². The Hall–Kier alpha value is -3.46. The number of nitrogens with one attached hydrogen (secondary N) is 3. The van der Waals surface area contributed by atoms with E-state index in [-0.39, 0.29) is 25.3 Å². The Kier molecular flexibility index (Phi) is 15.4. The van der Waals surface area contributed by atoms with Crippen LogP contribution in [-0.2, 0) is 24.0 Å². The zero-order chi connectivity index (χ0) is 27.8. The maximum atomic E-state index is 12.8. The van der Waals surface area contributed by atoms with Crippen LogP contribution in [0.3, 0.4) is 0 Å². The molecule has 206 valence electrons. The number of carboxylic acid groups (broad SMARTS) is 2. The summed E-state index contributed by atoms with van der Waals surface area (Å²) in [6.07, 6.45) is 0.982. The van der Waals surface area contributed by atoms with Crippen LogP contribution in [0.4, 0.5) is 0 Å². The molecule has 0 aliphatic carbocycles. The maximum Gasteiger partial charge on any atom is 0.326 e. The molecule has 0 bridgehead atoms. The number of carboxylic acids is 2. The van der Waals surface area contributed by atoms with E-state index in [1.807, 2.05) is 0 Å². The highest BCUT2D eigenvalue weighted by atomic mass is 16.4. The second kappa shape index (κ2) is 17.0. The van der Waals surface area contributed by atoms with Gasteiger partial charge >= 0.3 is 11.9 Å². The van der Waals surface area contributed by atoms with Gasteiger partial charge in [0.1, 0.15) is 18.1 Å². The van der Waals surface area contributed by atoms with Gasteiger partial charge in [-0.15, -0.1) is 0 Å². The molecule has 0 aliphatic heterocycles. The Bertz CT molecular complexity index is 786. The second-order valence-corrected chi connectivity index (χ2v) is 8.63. The largest absolute Gasteiger partial charge is 0.481 e. The van der Waals surface area contributed by atoms with Crippen molar-refractivity contribution in [2.75, 3.05) is 13.1 Å². The molecule has 0 aromatic carbocycles. The summed E-state index contributed by atoms with van der Waals surface area (Å²) in [5, 5.41) is 25.7. The number of rotatable bonds is 18. The molecule has 13 N–H and O–H groups in total. The minimum atomic E-state index is -1.52. The number of carbonyl (C=O) groups is 5. The molecule has 0 aromatic rings. The summed E-state index contributed by atoms with van der Waals surface area (Å²) in [7, 11) is 0. The van der Waals surface area contributed by atoms with Gasteiger partial charge in [0, 0.05) is 6.54 Å². The number of amides is 3. The highest BCUT2D eigenvalue weighted by Gasteiger charge is 2.32. The van der Waals surface area contributed by atoms with Crippen LogP contribution in [0.15, 0.2) is 4.99 Å². The van der Waals surface area contributed by atoms with Gasteiger partial charge in [0.15, 0.2) is 5.96 Å². The fraction of sp³-hybridized carbons (Fsp3) is 0.714. The van der Waals surface area contributed by atoms with E-state index in [0.29, 0.717) is 25.8 Å². The summed E-state index contributed by atoms with van der Waals surface area (Å²) in [5.74, 6) is -5.64. The first-order valence-electron chi connectivity index (χ1n) is 11.7. The molecule has 15 nitrogen and oxygen atoms in total. The Morgan fingerprint density at radius 2 is 1.44 bits per heavy atom. The van der Waals surface area contributed by atoms with Crippen LogP contribution >= 0.6 is 0 Å². The van der Waals surface area contributed by atoms with Crippen molar-refractivity contribution >= 4 is 35.6 Å². The van der Waals surface area contributed by atoms with Crippen molar-refractivity contribution in [2.24, 2.45) is 33.8 Å². The maximum absolute atomic E-state index is 12.8. The number of hydrogen-bond donors (Lipinski definition) is 9. The van der Waals surface area contributed by atoms with Gasteiger partial charge in [-0.25, -0.2) is 4.79 Å². The second-order valence-electron chi connectivity index (χ2n) is 8.63. The molecule has 0 saturated carbocycles. The van der Waals surface area contributed by atoms with E-state index in [2.05, 4.69) is 20.9 Å². The quantitative estimate of drug-likeness (QED) is 0.0508. The number of aliphatic imine (C=N–C) groups is 1. The lowest BCUT2D eigenvalue weighted by atomic mass is 10.0. The van der Waals surface area contributed by atoms with Gasteiger partial charge in [-0.05, 0) is 44.6 Å². The van der Waals surface area contributed by atoms with E-state index >= 15 is 0 Å². The normalized spacial score (nSPS) is 14.1. The van der Waals surface area contributed by atoms with E-state index in [1.54, 1.807) is 13.8 Å². The molecule has 0 aromatic heterocycles. The van der Waals surface area contributed by atoms with Crippen molar-refractivity contribution in [1.29, 1.82) is 0 Å². The van der Waals surface area contributed by atoms with Gasteiger partial charge in [-0.3, -0.25) is 24.2 Å². The number of carbonyl (C=O) groups excluding carboxylic acids is 3. The van der Waals surface area contributed by atoms with E-state index in [1.165, 1.54) is 0 Å². The first kappa shape index (κ1) is 32.5. The molecule has 0 rings (SSSR count). The van der Waals surface area contributed by atoms with Gasteiger partial charge in [0.25, 0.3) is 0 Å². The lowest BCUT2D eigenvalue weighted by Gasteiger charge is -2.26. The molecular formula is C21H40N8O7. The molecule has 0 radical (unpaired) electrons. The van der Waals surface area contributed by atoms with E-state index in [0.717, 1.165) is 0 Å². The number of aliphatic carboxylic acids is 2. The first-order valence-corrected chi connectivity index (χ1v) is 11.7. The Labute approximate surface area is 209 Å². The summed E-state index contributed by atoms with van der Waals surface area (Å²) in [6, 6.07) is -4.95. The zero-order valence-corrected chi connectivity index (χ0v) is 20.7. The molecule has 0 aliphatic rings. The van der Waals surface area contributed by atoms with Gasteiger partial charge < -0.3 is 49.1 Å². The smallest absolute Gasteiger partial charge is 0.326 e. The molecule has 0 heterocycles. The molecule has 4 atom stereocenters. The van der Waals surface area contributed by atoms with Crippen molar-refractivity contribution in [2.45, 2.75) is 76.5 Å². The monoisotopic (exact) mass is 516 g/mol.